The molecule has 1 aliphatic rings. The van der Waals surface area contributed by atoms with Crippen LogP contribution in [0.5, 0.6) is 5.75 Å². The van der Waals surface area contributed by atoms with Crippen molar-refractivity contribution in [1.29, 1.82) is 0 Å². The molecule has 2 aromatic carbocycles. The molecule has 3 rings (SSSR count). The van der Waals surface area contributed by atoms with E-state index >= 15 is 0 Å². The first-order valence-electron chi connectivity index (χ1n) is 9.81. The Kier molecular flexibility index (Phi) is 7.09. The van der Waals surface area contributed by atoms with Crippen molar-refractivity contribution in [3.8, 4) is 5.75 Å². The number of nitrogens with one attached hydrogen (secondary N) is 1. The molecular weight excluding hydrogens is 350 g/mol. The maximum absolute atomic E-state index is 12.3. The number of carbonyl (C=O) groups excluding carboxylic acids is 1. The van der Waals surface area contributed by atoms with Crippen molar-refractivity contribution in [2.24, 2.45) is 0 Å². The lowest BCUT2D eigenvalue weighted by Crippen LogP contribution is -2.48. The number of rotatable bonds is 8. The van der Waals surface area contributed by atoms with Gasteiger partial charge in [-0.25, -0.2) is 0 Å². The van der Waals surface area contributed by atoms with E-state index in [4.69, 9.17) is 4.74 Å². The van der Waals surface area contributed by atoms with Crippen molar-refractivity contribution < 1.29 is 9.53 Å². The Balaban J connectivity index is 1.38. The van der Waals surface area contributed by atoms with Crippen LogP contribution in [0.1, 0.15) is 15.9 Å². The molecule has 1 N–H and O–H groups in total. The Labute approximate surface area is 167 Å². The minimum Gasteiger partial charge on any atom is -0.490 e. The van der Waals surface area contributed by atoms with Gasteiger partial charge in [0.1, 0.15) is 12.4 Å². The summed E-state index contributed by atoms with van der Waals surface area (Å²) in [5.74, 6) is 0.691. The van der Waals surface area contributed by atoms with Crippen LogP contribution in [-0.4, -0.2) is 56.7 Å². The van der Waals surface area contributed by atoms with Crippen molar-refractivity contribution in [2.45, 2.75) is 6.92 Å². The summed E-state index contributed by atoms with van der Waals surface area (Å²) in [6.07, 6.45) is 1.70. The zero-order valence-corrected chi connectivity index (χ0v) is 16.6. The lowest BCUT2D eigenvalue weighted by Gasteiger charge is -2.36. The number of hydrogen-bond donors (Lipinski definition) is 1. The maximum Gasteiger partial charge on any atom is 0.251 e. The summed E-state index contributed by atoms with van der Waals surface area (Å²) in [5.41, 5.74) is 3.24. The average molecular weight is 380 g/mol. The van der Waals surface area contributed by atoms with Gasteiger partial charge in [0.2, 0.25) is 0 Å². The molecule has 148 valence electrons. The standard InChI is InChI=1S/C23H29N3O2/c1-3-17-28-22-9-7-20(8-10-22)23(27)24-11-12-25-13-15-26(16-14-25)21-6-4-5-19(2)18-21/h3-10,18H,1,11-17H2,2H3,(H,24,27). The van der Waals surface area contributed by atoms with Gasteiger partial charge in [-0.3, -0.25) is 9.69 Å². The number of aryl methyl sites for hydroxylation is 1. The van der Waals surface area contributed by atoms with E-state index in [1.807, 2.05) is 12.1 Å². The van der Waals surface area contributed by atoms with E-state index in [0.717, 1.165) is 38.5 Å². The third kappa shape index (κ3) is 5.60. The van der Waals surface area contributed by atoms with Crippen LogP contribution in [0.4, 0.5) is 5.69 Å². The number of carbonyl (C=O) groups is 1. The van der Waals surface area contributed by atoms with Crippen LogP contribution < -0.4 is 15.0 Å². The van der Waals surface area contributed by atoms with Crippen LogP contribution in [0, 0.1) is 6.92 Å². The molecule has 0 saturated carbocycles. The highest BCUT2D eigenvalue weighted by atomic mass is 16.5. The highest BCUT2D eigenvalue weighted by molar-refractivity contribution is 5.94. The van der Waals surface area contributed by atoms with E-state index in [2.05, 4.69) is 52.9 Å². The fraction of sp³-hybridized carbons (Fsp3) is 0.348. The first kappa shape index (κ1) is 20.0. The summed E-state index contributed by atoms with van der Waals surface area (Å²) in [7, 11) is 0. The van der Waals surface area contributed by atoms with Crippen LogP contribution >= 0.6 is 0 Å². The molecule has 0 aromatic heterocycles. The molecule has 0 bridgehead atoms. The second kappa shape index (κ2) is 9.95. The smallest absolute Gasteiger partial charge is 0.251 e. The van der Waals surface area contributed by atoms with Crippen LogP contribution in [0.2, 0.25) is 0 Å². The molecule has 0 atom stereocenters. The van der Waals surface area contributed by atoms with Gasteiger partial charge in [-0.05, 0) is 48.9 Å². The van der Waals surface area contributed by atoms with Gasteiger partial charge in [-0.2, -0.15) is 0 Å². The number of anilines is 1. The molecule has 28 heavy (non-hydrogen) atoms. The predicted molar refractivity (Wildman–Crippen MR) is 114 cm³/mol. The first-order valence-corrected chi connectivity index (χ1v) is 9.81. The van der Waals surface area contributed by atoms with Crippen LogP contribution in [0.3, 0.4) is 0 Å². The van der Waals surface area contributed by atoms with Crippen LogP contribution in [0.25, 0.3) is 0 Å². The van der Waals surface area contributed by atoms with Gasteiger partial charge in [-0.1, -0.05) is 24.8 Å². The highest BCUT2D eigenvalue weighted by Crippen LogP contribution is 2.17. The molecule has 1 fully saturated rings. The number of nitrogens with zero attached hydrogens (tertiary/aromatic N) is 2. The number of piperazine rings is 1. The molecule has 2 aromatic rings. The fourth-order valence-electron chi connectivity index (χ4n) is 3.34. The Bertz CT molecular complexity index is 781. The Morgan fingerprint density at radius 1 is 1.14 bits per heavy atom. The van der Waals surface area contributed by atoms with Gasteiger partial charge in [0.15, 0.2) is 0 Å². The predicted octanol–water partition coefficient (Wildman–Crippen LogP) is 3.11. The van der Waals surface area contributed by atoms with E-state index < -0.39 is 0 Å². The van der Waals surface area contributed by atoms with E-state index in [0.29, 0.717) is 18.7 Å². The van der Waals surface area contributed by atoms with Crippen molar-refractivity contribution in [1.82, 2.24) is 10.2 Å². The van der Waals surface area contributed by atoms with E-state index in [1.54, 1.807) is 18.2 Å². The Hall–Kier alpha value is -2.79. The molecule has 5 heteroatoms. The Morgan fingerprint density at radius 3 is 2.57 bits per heavy atom. The highest BCUT2D eigenvalue weighted by Gasteiger charge is 2.17. The van der Waals surface area contributed by atoms with Crippen molar-refractivity contribution in [2.75, 3.05) is 50.8 Å². The van der Waals surface area contributed by atoms with E-state index in [1.165, 1.54) is 11.3 Å². The van der Waals surface area contributed by atoms with Gasteiger partial charge < -0.3 is 15.0 Å². The van der Waals surface area contributed by atoms with Crippen LogP contribution in [0.15, 0.2) is 61.2 Å². The van der Waals surface area contributed by atoms with Gasteiger partial charge in [0.05, 0.1) is 0 Å². The quantitative estimate of drug-likeness (QED) is 0.716. The van der Waals surface area contributed by atoms with Crippen molar-refractivity contribution in [3.05, 3.63) is 72.3 Å². The Morgan fingerprint density at radius 2 is 1.89 bits per heavy atom. The largest absolute Gasteiger partial charge is 0.490 e. The van der Waals surface area contributed by atoms with Gasteiger partial charge in [-0.15, -0.1) is 0 Å². The molecule has 5 nitrogen and oxygen atoms in total. The van der Waals surface area contributed by atoms with Gasteiger partial charge in [0, 0.05) is 50.5 Å². The summed E-state index contributed by atoms with van der Waals surface area (Å²) >= 11 is 0. The van der Waals surface area contributed by atoms with Crippen molar-refractivity contribution in [3.63, 3.8) is 0 Å². The number of hydrogen-bond acceptors (Lipinski definition) is 4. The number of ether oxygens (including phenoxy) is 1. The molecule has 1 amide bonds. The summed E-state index contributed by atoms with van der Waals surface area (Å²) in [6, 6.07) is 15.9. The summed E-state index contributed by atoms with van der Waals surface area (Å²) in [6.45, 7) is 11.8. The molecule has 0 unspecified atom stereocenters. The van der Waals surface area contributed by atoms with Crippen molar-refractivity contribution >= 4 is 11.6 Å². The zero-order valence-electron chi connectivity index (χ0n) is 16.6. The number of benzene rings is 2. The maximum atomic E-state index is 12.3. The second-order valence-corrected chi connectivity index (χ2v) is 7.05. The fourth-order valence-corrected chi connectivity index (χ4v) is 3.34. The van der Waals surface area contributed by atoms with E-state index in [9.17, 15) is 4.79 Å². The van der Waals surface area contributed by atoms with Gasteiger partial charge >= 0.3 is 0 Å². The third-order valence-corrected chi connectivity index (χ3v) is 4.94. The first-order chi connectivity index (χ1) is 13.7. The normalized spacial score (nSPS) is 14.5. The monoisotopic (exact) mass is 379 g/mol. The summed E-state index contributed by atoms with van der Waals surface area (Å²) in [4.78, 5) is 17.1. The molecule has 1 heterocycles. The molecule has 0 radical (unpaired) electrons. The second-order valence-electron chi connectivity index (χ2n) is 7.05. The summed E-state index contributed by atoms with van der Waals surface area (Å²) in [5, 5.41) is 3.01. The molecule has 0 aliphatic carbocycles. The minimum atomic E-state index is -0.0475. The lowest BCUT2D eigenvalue weighted by atomic mass is 10.2. The van der Waals surface area contributed by atoms with Gasteiger partial charge in [0.25, 0.3) is 5.91 Å². The average Bonchev–Trinajstić information content (AvgIpc) is 2.73. The molecule has 1 saturated heterocycles. The lowest BCUT2D eigenvalue weighted by molar-refractivity contribution is 0.0947. The molecule has 1 aliphatic heterocycles. The molecular formula is C23H29N3O2. The third-order valence-electron chi connectivity index (χ3n) is 4.94. The zero-order chi connectivity index (χ0) is 19.8. The minimum absolute atomic E-state index is 0.0475. The molecule has 0 spiro atoms. The van der Waals surface area contributed by atoms with E-state index in [-0.39, 0.29) is 5.91 Å². The SMILES string of the molecule is C=CCOc1ccc(C(=O)NCCN2CCN(c3cccc(C)c3)CC2)cc1. The number of amides is 1. The summed E-state index contributed by atoms with van der Waals surface area (Å²) < 4.78 is 5.44. The topological polar surface area (TPSA) is 44.8 Å². The van der Waals surface area contributed by atoms with Crippen LogP contribution in [-0.2, 0) is 0 Å².